The fourth-order valence-corrected chi connectivity index (χ4v) is 7.82. The number of nitrogens with one attached hydrogen (secondary N) is 1. The number of aromatic nitrogens is 5. The summed E-state index contributed by atoms with van der Waals surface area (Å²) in [6.07, 6.45) is -1.46. The number of rotatable bonds is 6. The van der Waals surface area contributed by atoms with Crippen LogP contribution in [0.5, 0.6) is 0 Å². The van der Waals surface area contributed by atoms with Crippen LogP contribution in [0, 0.1) is 5.41 Å². The van der Waals surface area contributed by atoms with Crippen molar-refractivity contribution in [3.63, 3.8) is 0 Å². The predicted octanol–water partition coefficient (Wildman–Crippen LogP) is 7.32. The van der Waals surface area contributed by atoms with Gasteiger partial charge in [-0.2, -0.15) is 13.2 Å². The van der Waals surface area contributed by atoms with Gasteiger partial charge in [-0.3, -0.25) is 0 Å². The monoisotopic (exact) mass is 713 g/mol. The second kappa shape index (κ2) is 12.4. The molecule has 16 heteroatoms. The molecule has 0 saturated carbocycles. The van der Waals surface area contributed by atoms with E-state index in [0.29, 0.717) is 29.9 Å². The van der Waals surface area contributed by atoms with Gasteiger partial charge < -0.3 is 15.0 Å². The third kappa shape index (κ3) is 7.25. The number of hydrogen-bond acceptors (Lipinski definition) is 10. The molecule has 0 bridgehead atoms. The number of thiazole rings is 1. The first-order valence-electron chi connectivity index (χ1n) is 15.3. The Morgan fingerprint density at radius 3 is 2.45 bits per heavy atom. The minimum Gasteiger partial charge on any atom is -0.444 e. The number of anilines is 1. The Morgan fingerprint density at radius 1 is 1.06 bits per heavy atom. The maximum atomic E-state index is 14.6. The average molecular weight is 714 g/mol. The number of likely N-dealkylation sites (tertiary alicyclic amines) is 1. The second-order valence-corrected chi connectivity index (χ2v) is 16.3. The summed E-state index contributed by atoms with van der Waals surface area (Å²) in [4.78, 5) is 31.6. The minimum absolute atomic E-state index is 0.0737. The van der Waals surface area contributed by atoms with Crippen LogP contribution in [-0.4, -0.2) is 68.1 Å². The lowest BCUT2D eigenvalue weighted by Crippen LogP contribution is -2.53. The molecule has 1 fully saturated rings. The summed E-state index contributed by atoms with van der Waals surface area (Å²) in [6.45, 7) is 9.89. The minimum atomic E-state index is -4.88. The van der Waals surface area contributed by atoms with E-state index in [0.717, 1.165) is 10.2 Å². The highest BCUT2D eigenvalue weighted by atomic mass is 32.2. The topological polar surface area (TPSA) is 132 Å². The van der Waals surface area contributed by atoms with Crippen molar-refractivity contribution < 1.29 is 31.1 Å². The molecule has 0 spiro atoms. The van der Waals surface area contributed by atoms with Crippen molar-refractivity contribution in [2.24, 2.45) is 5.41 Å². The number of alkyl halides is 3. The van der Waals surface area contributed by atoms with Gasteiger partial charge in [-0.25, -0.2) is 37.1 Å². The Hall–Kier alpha value is -4.57. The van der Waals surface area contributed by atoms with Crippen LogP contribution in [0.1, 0.15) is 46.6 Å². The van der Waals surface area contributed by atoms with E-state index >= 15 is 0 Å². The quantitative estimate of drug-likeness (QED) is 0.192. The number of piperidine rings is 1. The number of fused-ring (bicyclic) bond motifs is 1. The van der Waals surface area contributed by atoms with Gasteiger partial charge in [-0.05, 0) is 56.9 Å². The van der Waals surface area contributed by atoms with E-state index < -0.39 is 45.2 Å². The number of pyridine rings is 1. The summed E-state index contributed by atoms with van der Waals surface area (Å²) in [7, 11) is -4.31. The first-order chi connectivity index (χ1) is 22.9. The Balaban J connectivity index is 1.46. The van der Waals surface area contributed by atoms with Crippen LogP contribution in [0.15, 0.2) is 71.3 Å². The number of carbonyl (C=O) groups excluding carboxylic acids is 1. The number of ether oxygens (including phenoxy) is 1. The molecule has 1 aliphatic rings. The molecule has 1 aliphatic heterocycles. The van der Waals surface area contributed by atoms with Crippen LogP contribution in [0.25, 0.3) is 33.0 Å². The summed E-state index contributed by atoms with van der Waals surface area (Å²) in [6, 6.07) is 10.2. The van der Waals surface area contributed by atoms with Gasteiger partial charge in [-0.1, -0.05) is 32.0 Å². The van der Waals surface area contributed by atoms with Crippen LogP contribution >= 0.6 is 11.3 Å². The fraction of sp³-hybridized carbons (Fsp3) is 0.364. The molecule has 4 aromatic heterocycles. The Bertz CT molecular complexity index is 2110. The molecule has 1 saturated heterocycles. The molecular weight excluding hydrogens is 680 g/mol. The first kappa shape index (κ1) is 34.3. The van der Waals surface area contributed by atoms with E-state index in [-0.39, 0.29) is 39.4 Å². The zero-order chi connectivity index (χ0) is 35.4. The summed E-state index contributed by atoms with van der Waals surface area (Å²) < 4.78 is 78.0. The van der Waals surface area contributed by atoms with Gasteiger partial charge in [0.15, 0.2) is 5.65 Å². The van der Waals surface area contributed by atoms with Gasteiger partial charge in [0, 0.05) is 54.1 Å². The average Bonchev–Trinajstić information content (AvgIpc) is 3.68. The zero-order valence-electron chi connectivity index (χ0n) is 27.3. The van der Waals surface area contributed by atoms with Crippen LogP contribution in [0.3, 0.4) is 0 Å². The molecule has 1 aromatic carbocycles. The van der Waals surface area contributed by atoms with Crippen LogP contribution < -0.4 is 5.32 Å². The highest BCUT2D eigenvalue weighted by Gasteiger charge is 2.39. The molecule has 0 radical (unpaired) electrons. The number of benzene rings is 1. The molecule has 11 nitrogen and oxygen atoms in total. The standard InChI is InChI=1S/C33H34F3N7O4S2/c1-31(2,3)47-30(44)42-17-20(15-32(4,5)19-42)39-29-38-16-24(33(34,35)36)26(41-29)23-18-43(49(45,46)21-9-7-6-8-10-21)27-22(23)11-12-25(40-27)28-37-13-14-48-28/h6-14,16,18,20H,15,17,19H2,1-5H3,(H,38,39,41)/t20-/m0/s1. The van der Waals surface area contributed by atoms with Crippen molar-refractivity contribution in [1.82, 2.24) is 28.8 Å². The third-order valence-corrected chi connectivity index (χ3v) is 10.2. The summed E-state index contributed by atoms with van der Waals surface area (Å²) in [5.41, 5.74) is -2.60. The highest BCUT2D eigenvalue weighted by Crippen LogP contribution is 2.41. The molecule has 1 N–H and O–H groups in total. The molecule has 1 amide bonds. The van der Waals surface area contributed by atoms with Crippen LogP contribution in [0.4, 0.5) is 23.9 Å². The largest absolute Gasteiger partial charge is 0.444 e. The van der Waals surface area contributed by atoms with Crippen molar-refractivity contribution in [3.05, 3.63) is 72.0 Å². The van der Waals surface area contributed by atoms with Gasteiger partial charge in [0.05, 0.1) is 10.6 Å². The summed E-state index contributed by atoms with van der Waals surface area (Å²) >= 11 is 1.28. The number of amides is 1. The number of nitrogens with zero attached hydrogens (tertiary/aromatic N) is 6. The highest BCUT2D eigenvalue weighted by molar-refractivity contribution is 7.90. The molecule has 0 unspecified atom stereocenters. The van der Waals surface area contributed by atoms with E-state index in [1.807, 2.05) is 13.8 Å². The summed E-state index contributed by atoms with van der Waals surface area (Å²) in [5.74, 6) is -0.117. The van der Waals surface area contributed by atoms with Crippen molar-refractivity contribution in [3.8, 4) is 22.0 Å². The van der Waals surface area contributed by atoms with Crippen LogP contribution in [0.2, 0.25) is 0 Å². The lowest BCUT2D eigenvalue weighted by molar-refractivity contribution is -0.137. The van der Waals surface area contributed by atoms with Crippen molar-refractivity contribution in [1.29, 1.82) is 0 Å². The SMILES string of the molecule is CC1(C)C[C@H](Nc2ncc(C(F)(F)F)c(-c3cn(S(=O)(=O)c4ccccc4)c4nc(-c5nccs5)ccc34)n2)CN(C(=O)OC(C)(C)C)C1. The maximum Gasteiger partial charge on any atom is 0.419 e. The number of hydrogen-bond donors (Lipinski definition) is 1. The smallest absolute Gasteiger partial charge is 0.419 e. The van der Waals surface area contributed by atoms with Gasteiger partial charge in [0.2, 0.25) is 5.95 Å². The lowest BCUT2D eigenvalue weighted by atomic mass is 9.82. The van der Waals surface area contributed by atoms with E-state index in [1.165, 1.54) is 29.5 Å². The van der Waals surface area contributed by atoms with E-state index in [2.05, 4.69) is 25.3 Å². The molecule has 0 aliphatic carbocycles. The van der Waals surface area contributed by atoms with Crippen molar-refractivity contribution >= 4 is 44.4 Å². The van der Waals surface area contributed by atoms with E-state index in [9.17, 15) is 26.4 Å². The zero-order valence-corrected chi connectivity index (χ0v) is 28.9. The molecule has 258 valence electrons. The van der Waals surface area contributed by atoms with Gasteiger partial charge >= 0.3 is 12.3 Å². The first-order valence-corrected chi connectivity index (χ1v) is 17.6. The van der Waals surface area contributed by atoms with Gasteiger partial charge in [-0.15, -0.1) is 11.3 Å². The molecule has 49 heavy (non-hydrogen) atoms. The number of carbonyl (C=O) groups is 1. The predicted molar refractivity (Wildman–Crippen MR) is 180 cm³/mol. The maximum absolute atomic E-state index is 14.6. The van der Waals surface area contributed by atoms with E-state index in [1.54, 1.807) is 61.5 Å². The van der Waals surface area contributed by atoms with E-state index in [4.69, 9.17) is 4.74 Å². The molecule has 1 atom stereocenters. The van der Waals surface area contributed by atoms with Crippen molar-refractivity contribution in [2.45, 2.75) is 63.8 Å². The second-order valence-electron chi connectivity index (χ2n) is 13.6. The molecular formula is C33H34F3N7O4S2. The van der Waals surface area contributed by atoms with Crippen molar-refractivity contribution in [2.75, 3.05) is 18.4 Å². The molecule has 5 aromatic rings. The number of halogens is 3. The summed E-state index contributed by atoms with van der Waals surface area (Å²) in [5, 5.41) is 5.50. The Kier molecular flexibility index (Phi) is 8.67. The normalized spacial score (nSPS) is 16.9. The van der Waals surface area contributed by atoms with Crippen LogP contribution in [-0.2, 0) is 20.9 Å². The molecule has 5 heterocycles. The fourth-order valence-electron chi connectivity index (χ4n) is 5.87. The Labute approximate surface area is 285 Å². The lowest BCUT2D eigenvalue weighted by Gasteiger charge is -2.42. The van der Waals surface area contributed by atoms with Gasteiger partial charge in [0.25, 0.3) is 10.0 Å². The van der Waals surface area contributed by atoms with Gasteiger partial charge in [0.1, 0.15) is 21.9 Å². The third-order valence-electron chi connectivity index (χ3n) is 7.76. The molecule has 6 rings (SSSR count). The Morgan fingerprint density at radius 2 is 1.80 bits per heavy atom.